The minimum atomic E-state index is 0.851. The van der Waals surface area contributed by atoms with E-state index in [9.17, 15) is 0 Å². The van der Waals surface area contributed by atoms with Gasteiger partial charge in [-0.3, -0.25) is 0 Å². The van der Waals surface area contributed by atoms with Gasteiger partial charge in [0.25, 0.3) is 0 Å². The van der Waals surface area contributed by atoms with Crippen molar-refractivity contribution in [3.8, 4) is 0 Å². The van der Waals surface area contributed by atoms with E-state index in [0.29, 0.717) is 0 Å². The van der Waals surface area contributed by atoms with Crippen molar-refractivity contribution in [2.45, 2.75) is 51.1 Å². The largest absolute Gasteiger partial charge is 0.323 e. The number of hydrogen-bond acceptors (Lipinski definition) is 3. The van der Waals surface area contributed by atoms with Gasteiger partial charge >= 0.3 is 0 Å². The Hall–Kier alpha value is -1.75. The zero-order chi connectivity index (χ0) is 15.5. The molecule has 4 nitrogen and oxygen atoms in total. The van der Waals surface area contributed by atoms with Crippen molar-refractivity contribution in [2.24, 2.45) is 0 Å². The highest BCUT2D eigenvalue weighted by Crippen LogP contribution is 2.25. The van der Waals surface area contributed by atoms with Crippen LogP contribution in [-0.2, 0) is 12.3 Å². The molecule has 3 aromatic heterocycles. The molecule has 0 saturated carbocycles. The van der Waals surface area contributed by atoms with Crippen molar-refractivity contribution in [2.75, 3.05) is 0 Å². The summed E-state index contributed by atoms with van der Waals surface area (Å²) in [5.74, 6) is 0.851. The Morgan fingerprint density at radius 1 is 1.18 bits per heavy atom. The van der Waals surface area contributed by atoms with Crippen molar-refractivity contribution in [1.82, 2.24) is 18.9 Å². The molecule has 0 atom stereocenters. The Labute approximate surface area is 135 Å². The summed E-state index contributed by atoms with van der Waals surface area (Å²) in [6.07, 6.45) is 6.53. The van der Waals surface area contributed by atoms with Gasteiger partial charge in [0.15, 0.2) is 5.16 Å². The number of thioether (sulfide) groups is 1. The summed E-state index contributed by atoms with van der Waals surface area (Å²) in [4.78, 5) is 9.38. The molecule has 116 valence electrons. The molecule has 22 heavy (non-hydrogen) atoms. The van der Waals surface area contributed by atoms with E-state index in [2.05, 4.69) is 40.9 Å². The Morgan fingerprint density at radius 3 is 2.82 bits per heavy atom. The Kier molecular flexibility index (Phi) is 4.52. The molecule has 0 aliphatic rings. The van der Waals surface area contributed by atoms with Gasteiger partial charge in [-0.05, 0) is 32.4 Å². The topological polar surface area (TPSA) is 35.1 Å². The summed E-state index contributed by atoms with van der Waals surface area (Å²) >= 11 is 1.78. The minimum absolute atomic E-state index is 0.851. The molecule has 0 saturated heterocycles. The summed E-state index contributed by atoms with van der Waals surface area (Å²) in [5.41, 5.74) is 4.51. The van der Waals surface area contributed by atoms with Crippen LogP contribution in [0.5, 0.6) is 0 Å². The van der Waals surface area contributed by atoms with E-state index in [-0.39, 0.29) is 0 Å². The van der Waals surface area contributed by atoms with Crippen LogP contribution in [0.1, 0.15) is 36.8 Å². The maximum atomic E-state index is 4.72. The van der Waals surface area contributed by atoms with E-state index in [1.807, 2.05) is 24.4 Å². The number of unbranched alkanes of at least 4 members (excludes halogenated alkanes) is 1. The van der Waals surface area contributed by atoms with Crippen LogP contribution < -0.4 is 0 Å². The highest BCUT2D eigenvalue weighted by Gasteiger charge is 2.12. The third kappa shape index (κ3) is 3.04. The average Bonchev–Trinajstić information content (AvgIpc) is 3.05. The number of fused-ring (bicyclic) bond motifs is 1. The van der Waals surface area contributed by atoms with Gasteiger partial charge in [0, 0.05) is 30.4 Å². The third-order valence-corrected chi connectivity index (χ3v) is 4.93. The second kappa shape index (κ2) is 6.57. The van der Waals surface area contributed by atoms with Gasteiger partial charge in [-0.1, -0.05) is 31.2 Å². The van der Waals surface area contributed by atoms with Crippen LogP contribution in [0.2, 0.25) is 0 Å². The quantitative estimate of drug-likeness (QED) is 0.638. The summed E-state index contributed by atoms with van der Waals surface area (Å²) < 4.78 is 4.41. The van der Waals surface area contributed by atoms with E-state index in [1.54, 1.807) is 11.8 Å². The lowest BCUT2D eigenvalue weighted by molar-refractivity contribution is 0.575. The lowest BCUT2D eigenvalue weighted by Gasteiger charge is -2.08. The zero-order valence-corrected chi connectivity index (χ0v) is 14.2. The molecule has 0 spiro atoms. The van der Waals surface area contributed by atoms with Crippen molar-refractivity contribution in [1.29, 1.82) is 0 Å². The maximum Gasteiger partial charge on any atom is 0.168 e. The highest BCUT2D eigenvalue weighted by atomic mass is 32.2. The summed E-state index contributed by atoms with van der Waals surface area (Å²) in [6.45, 7) is 7.53. The van der Waals surface area contributed by atoms with Crippen LogP contribution in [0.25, 0.3) is 5.65 Å². The average molecular weight is 314 g/mol. The normalized spacial score (nSPS) is 11.4. The van der Waals surface area contributed by atoms with Crippen molar-refractivity contribution < 1.29 is 0 Å². The van der Waals surface area contributed by atoms with Crippen LogP contribution >= 0.6 is 11.8 Å². The van der Waals surface area contributed by atoms with Gasteiger partial charge in [-0.2, -0.15) is 0 Å². The summed E-state index contributed by atoms with van der Waals surface area (Å²) in [5, 5.41) is 1.11. The molecule has 3 aromatic rings. The fraction of sp³-hybridized carbons (Fsp3) is 0.412. The Morgan fingerprint density at radius 2 is 2.05 bits per heavy atom. The smallest absolute Gasteiger partial charge is 0.168 e. The van der Waals surface area contributed by atoms with Gasteiger partial charge in [0.05, 0.1) is 11.4 Å². The predicted molar refractivity (Wildman–Crippen MR) is 91.4 cm³/mol. The molecule has 0 radical (unpaired) electrons. The van der Waals surface area contributed by atoms with E-state index < -0.39 is 0 Å². The molecule has 0 fully saturated rings. The third-order valence-electron chi connectivity index (χ3n) is 3.92. The van der Waals surface area contributed by atoms with Gasteiger partial charge in [0.2, 0.25) is 0 Å². The molecular formula is C17H22N4S. The van der Waals surface area contributed by atoms with Crippen LogP contribution in [0, 0.1) is 13.8 Å². The molecular weight excluding hydrogens is 292 g/mol. The Balaban J connectivity index is 1.76. The number of pyridine rings is 1. The van der Waals surface area contributed by atoms with Gasteiger partial charge in [-0.25, -0.2) is 9.97 Å². The first-order valence-electron chi connectivity index (χ1n) is 7.78. The number of aromatic nitrogens is 4. The zero-order valence-electron chi connectivity index (χ0n) is 13.4. The van der Waals surface area contributed by atoms with E-state index in [4.69, 9.17) is 4.98 Å². The lowest BCUT2D eigenvalue weighted by atomic mass is 10.3. The lowest BCUT2D eigenvalue weighted by Crippen LogP contribution is -2.02. The van der Waals surface area contributed by atoms with E-state index in [0.717, 1.165) is 34.5 Å². The maximum absolute atomic E-state index is 4.72. The van der Waals surface area contributed by atoms with Crippen molar-refractivity contribution >= 4 is 17.4 Å². The monoisotopic (exact) mass is 314 g/mol. The second-order valence-corrected chi connectivity index (χ2v) is 6.50. The number of nitrogens with zero attached hydrogens (tertiary/aromatic N) is 4. The van der Waals surface area contributed by atoms with Crippen molar-refractivity contribution in [3.63, 3.8) is 0 Å². The number of hydrogen-bond donors (Lipinski definition) is 0. The Bertz CT molecular complexity index is 739. The van der Waals surface area contributed by atoms with Crippen molar-refractivity contribution in [3.05, 3.63) is 47.7 Å². The van der Waals surface area contributed by atoms with Crippen LogP contribution in [0.4, 0.5) is 0 Å². The van der Waals surface area contributed by atoms with Gasteiger partial charge in [0.1, 0.15) is 5.65 Å². The molecule has 3 rings (SSSR count). The summed E-state index contributed by atoms with van der Waals surface area (Å²) in [7, 11) is 0. The fourth-order valence-corrected chi connectivity index (χ4v) is 3.51. The second-order valence-electron chi connectivity index (χ2n) is 5.56. The van der Waals surface area contributed by atoms with Crippen LogP contribution in [-0.4, -0.2) is 18.9 Å². The molecule has 5 heteroatoms. The SMILES string of the molecule is CCCCn1c(SCc2cn3ccccc3n2)nc(C)c1C. The first-order valence-corrected chi connectivity index (χ1v) is 8.76. The molecule has 0 amide bonds. The van der Waals surface area contributed by atoms with E-state index in [1.165, 1.54) is 18.5 Å². The minimum Gasteiger partial charge on any atom is -0.323 e. The molecule has 3 heterocycles. The molecule has 0 aromatic carbocycles. The number of aryl methyl sites for hydroxylation is 1. The van der Waals surface area contributed by atoms with Gasteiger partial charge < -0.3 is 8.97 Å². The molecule has 0 N–H and O–H groups in total. The first kappa shape index (κ1) is 15.2. The number of rotatable bonds is 6. The van der Waals surface area contributed by atoms with E-state index >= 15 is 0 Å². The van der Waals surface area contributed by atoms with Gasteiger partial charge in [-0.15, -0.1) is 0 Å². The molecule has 0 unspecified atom stereocenters. The molecule has 0 bridgehead atoms. The van der Waals surface area contributed by atoms with Crippen LogP contribution in [0.15, 0.2) is 35.7 Å². The molecule has 0 aliphatic heterocycles. The first-order chi connectivity index (χ1) is 10.7. The number of imidazole rings is 2. The predicted octanol–water partition coefficient (Wildman–Crippen LogP) is 4.24. The summed E-state index contributed by atoms with van der Waals surface area (Å²) in [6, 6.07) is 6.07. The molecule has 0 aliphatic carbocycles. The fourth-order valence-electron chi connectivity index (χ4n) is 2.51. The van der Waals surface area contributed by atoms with Crippen LogP contribution in [0.3, 0.4) is 0 Å². The standard InChI is InChI=1S/C17H22N4S/c1-4-5-10-21-14(3)13(2)18-17(21)22-12-15-11-20-9-7-6-8-16(20)19-15/h6-9,11H,4-5,10,12H2,1-3H3. The highest BCUT2D eigenvalue weighted by molar-refractivity contribution is 7.98.